The minimum atomic E-state index is -1.26. The summed E-state index contributed by atoms with van der Waals surface area (Å²) in [4.78, 5) is 58.9. The highest BCUT2D eigenvalue weighted by molar-refractivity contribution is 6.25. The van der Waals surface area contributed by atoms with Crippen molar-refractivity contribution in [2.24, 2.45) is 29.1 Å². The molecule has 8 nitrogen and oxygen atoms in total. The molecule has 8 heteroatoms. The van der Waals surface area contributed by atoms with Gasteiger partial charge in [-0.15, -0.1) is 0 Å². The number of anilines is 2. The lowest BCUT2D eigenvalue weighted by molar-refractivity contribution is -0.131. The Morgan fingerprint density at radius 2 is 1.43 bits per heavy atom. The van der Waals surface area contributed by atoms with Gasteiger partial charge in [-0.25, -0.2) is 4.90 Å². The first-order valence-corrected chi connectivity index (χ1v) is 14.2. The van der Waals surface area contributed by atoms with Crippen LogP contribution in [0.25, 0.3) is 0 Å². The van der Waals surface area contributed by atoms with Gasteiger partial charge in [0, 0.05) is 11.5 Å². The number of phenolic OH excluding ortho intramolecular Hbond substituents is 1. The molecule has 2 aliphatic carbocycles. The number of ether oxygens (including phenoxy) is 1. The zero-order chi connectivity index (χ0) is 29.3. The summed E-state index contributed by atoms with van der Waals surface area (Å²) in [5.74, 6) is -4.18. The molecule has 2 saturated heterocycles. The van der Waals surface area contributed by atoms with Gasteiger partial charge in [0.05, 0.1) is 41.7 Å². The number of methoxy groups -OCH3 is 1. The zero-order valence-corrected chi connectivity index (χ0v) is 23.3. The van der Waals surface area contributed by atoms with E-state index in [4.69, 9.17) is 4.74 Å². The van der Waals surface area contributed by atoms with E-state index >= 15 is 0 Å². The van der Waals surface area contributed by atoms with Gasteiger partial charge >= 0.3 is 0 Å². The molecule has 3 fully saturated rings. The maximum atomic E-state index is 14.4. The highest BCUT2D eigenvalue weighted by atomic mass is 16.5. The third-order valence-electron chi connectivity index (χ3n) is 9.86. The standard InChI is InChI=1S/C34H30N2O6/c1-34-24(31(39)36(33(34)41)20-12-7-4-8-13-20)18-23-21(29(34)28-25(37)14-9-15-26(28)42-2)16-17-22-27(23)32(40)35(30(22)38)19-10-5-3-6-11-19/h3-16,22-24,27,29,37H,17-18H2,1-2H3/t22-,23+,24-,27-,29+,34+/m0/s1. The fourth-order valence-electron chi connectivity index (χ4n) is 7.98. The average molecular weight is 563 g/mol. The third-order valence-corrected chi connectivity index (χ3v) is 9.86. The normalized spacial score (nSPS) is 30.1. The molecule has 0 radical (unpaired) electrons. The van der Waals surface area contributed by atoms with Crippen LogP contribution < -0.4 is 14.5 Å². The molecule has 3 aromatic rings. The van der Waals surface area contributed by atoms with Crippen molar-refractivity contribution in [3.05, 3.63) is 96.1 Å². The van der Waals surface area contributed by atoms with Gasteiger partial charge in [0.2, 0.25) is 23.6 Å². The SMILES string of the molecule is COc1cccc(O)c1[C@H]1C2=CC[C@@H]3C(=O)N(c4ccccc4)C(=O)[C@@H]3[C@@H]2C[C@H]2C(=O)N(c3ccccc3)C(=O)[C@@]12C. The maximum absolute atomic E-state index is 14.4. The van der Waals surface area contributed by atoms with Crippen LogP contribution in [0.15, 0.2) is 90.5 Å². The minimum Gasteiger partial charge on any atom is -0.508 e. The Kier molecular flexibility index (Phi) is 5.87. The van der Waals surface area contributed by atoms with Crippen molar-refractivity contribution in [1.29, 1.82) is 0 Å². The molecule has 6 atom stereocenters. The summed E-state index contributed by atoms with van der Waals surface area (Å²) in [5.41, 5.74) is 0.934. The number of carbonyl (C=O) groups is 4. The van der Waals surface area contributed by atoms with Crippen molar-refractivity contribution < 1.29 is 29.0 Å². The molecule has 7 rings (SSSR count). The maximum Gasteiger partial charge on any atom is 0.241 e. The van der Waals surface area contributed by atoms with E-state index in [0.29, 0.717) is 29.1 Å². The number of allylic oxidation sites excluding steroid dienone is 2. The van der Waals surface area contributed by atoms with E-state index in [-0.39, 0.29) is 35.8 Å². The molecule has 212 valence electrons. The van der Waals surface area contributed by atoms with Gasteiger partial charge in [0.15, 0.2) is 0 Å². The van der Waals surface area contributed by atoms with Crippen LogP contribution in [0.1, 0.15) is 31.2 Å². The number of benzene rings is 3. The zero-order valence-electron chi connectivity index (χ0n) is 23.3. The van der Waals surface area contributed by atoms with Crippen molar-refractivity contribution in [2.45, 2.75) is 25.7 Å². The number of fused-ring (bicyclic) bond motifs is 4. The Morgan fingerprint density at radius 1 is 0.786 bits per heavy atom. The van der Waals surface area contributed by atoms with Gasteiger partial charge in [0.25, 0.3) is 0 Å². The molecule has 0 spiro atoms. The fourth-order valence-corrected chi connectivity index (χ4v) is 7.98. The summed E-state index contributed by atoms with van der Waals surface area (Å²) < 4.78 is 5.70. The summed E-state index contributed by atoms with van der Waals surface area (Å²) in [6, 6.07) is 22.6. The number of rotatable bonds is 4. The molecule has 4 amide bonds. The molecular weight excluding hydrogens is 532 g/mol. The first kappa shape index (κ1) is 26.2. The Bertz CT molecular complexity index is 1670. The Labute approximate surface area is 243 Å². The molecule has 2 heterocycles. The van der Waals surface area contributed by atoms with E-state index in [1.165, 1.54) is 16.9 Å². The number of aromatic hydroxyl groups is 1. The second-order valence-electron chi connectivity index (χ2n) is 11.7. The Morgan fingerprint density at radius 3 is 2.07 bits per heavy atom. The quantitative estimate of drug-likeness (QED) is 0.361. The first-order chi connectivity index (χ1) is 20.3. The van der Waals surface area contributed by atoms with E-state index in [9.17, 15) is 24.3 Å². The van der Waals surface area contributed by atoms with E-state index in [0.717, 1.165) is 5.57 Å². The van der Waals surface area contributed by atoms with Crippen LogP contribution in [0, 0.1) is 29.1 Å². The molecule has 0 bridgehead atoms. The predicted octanol–water partition coefficient (Wildman–Crippen LogP) is 4.84. The largest absolute Gasteiger partial charge is 0.508 e. The highest BCUT2D eigenvalue weighted by Crippen LogP contribution is 2.65. The number of nitrogens with zero attached hydrogens (tertiary/aromatic N) is 2. The van der Waals surface area contributed by atoms with E-state index < -0.39 is 35.0 Å². The molecule has 3 aromatic carbocycles. The molecule has 1 N–H and O–H groups in total. The van der Waals surface area contributed by atoms with Crippen molar-refractivity contribution >= 4 is 35.0 Å². The number of hydrogen-bond donors (Lipinski definition) is 1. The lowest BCUT2D eigenvalue weighted by Gasteiger charge is -2.49. The van der Waals surface area contributed by atoms with Crippen molar-refractivity contribution in [2.75, 3.05) is 16.9 Å². The second kappa shape index (κ2) is 9.41. The fraction of sp³-hybridized carbons (Fsp3) is 0.294. The summed E-state index contributed by atoms with van der Waals surface area (Å²) in [7, 11) is 1.50. The smallest absolute Gasteiger partial charge is 0.241 e. The number of imide groups is 2. The minimum absolute atomic E-state index is 0.0545. The van der Waals surface area contributed by atoms with E-state index in [2.05, 4.69) is 0 Å². The van der Waals surface area contributed by atoms with Crippen molar-refractivity contribution in [3.8, 4) is 11.5 Å². The molecule has 2 aliphatic heterocycles. The van der Waals surface area contributed by atoms with Crippen LogP contribution in [0.5, 0.6) is 11.5 Å². The van der Waals surface area contributed by atoms with Gasteiger partial charge in [-0.05, 0) is 62.1 Å². The van der Waals surface area contributed by atoms with Crippen molar-refractivity contribution in [3.63, 3.8) is 0 Å². The van der Waals surface area contributed by atoms with Gasteiger partial charge in [-0.2, -0.15) is 0 Å². The van der Waals surface area contributed by atoms with Gasteiger partial charge < -0.3 is 9.84 Å². The van der Waals surface area contributed by atoms with E-state index in [1.807, 2.05) is 18.2 Å². The Hall–Kier alpha value is -4.72. The number of carbonyl (C=O) groups excluding carboxylic acids is 4. The number of para-hydroxylation sites is 2. The second-order valence-corrected chi connectivity index (χ2v) is 11.7. The number of phenols is 1. The molecule has 1 saturated carbocycles. The molecule has 0 aromatic heterocycles. The number of hydrogen-bond acceptors (Lipinski definition) is 6. The van der Waals surface area contributed by atoms with Crippen LogP contribution in [0.4, 0.5) is 11.4 Å². The van der Waals surface area contributed by atoms with Crippen LogP contribution in [-0.2, 0) is 19.2 Å². The van der Waals surface area contributed by atoms with Gasteiger partial charge in [0.1, 0.15) is 11.5 Å². The molecule has 42 heavy (non-hydrogen) atoms. The van der Waals surface area contributed by atoms with Crippen molar-refractivity contribution in [1.82, 2.24) is 0 Å². The lowest BCUT2D eigenvalue weighted by atomic mass is 9.51. The van der Waals surface area contributed by atoms with Crippen LogP contribution in [-0.4, -0.2) is 35.8 Å². The summed E-state index contributed by atoms with van der Waals surface area (Å²) in [6.07, 6.45) is 2.53. The van der Waals surface area contributed by atoms with Crippen LogP contribution >= 0.6 is 0 Å². The van der Waals surface area contributed by atoms with Crippen LogP contribution in [0.3, 0.4) is 0 Å². The monoisotopic (exact) mass is 562 g/mol. The topological polar surface area (TPSA) is 104 Å². The predicted molar refractivity (Wildman–Crippen MR) is 155 cm³/mol. The molecule has 4 aliphatic rings. The number of amides is 4. The summed E-state index contributed by atoms with van der Waals surface area (Å²) in [5, 5.41) is 11.3. The lowest BCUT2D eigenvalue weighted by Crippen LogP contribution is -2.49. The third kappa shape index (κ3) is 3.41. The Balaban J connectivity index is 1.41. The van der Waals surface area contributed by atoms with Gasteiger partial charge in [-0.3, -0.25) is 24.1 Å². The molecular formula is C34H30N2O6. The van der Waals surface area contributed by atoms with E-state index in [1.54, 1.807) is 73.7 Å². The highest BCUT2D eigenvalue weighted by Gasteiger charge is 2.68. The van der Waals surface area contributed by atoms with Gasteiger partial charge in [-0.1, -0.05) is 54.1 Å². The summed E-state index contributed by atoms with van der Waals surface area (Å²) in [6.45, 7) is 1.79. The van der Waals surface area contributed by atoms with Crippen LogP contribution in [0.2, 0.25) is 0 Å². The first-order valence-electron chi connectivity index (χ1n) is 14.2. The average Bonchev–Trinajstić information content (AvgIpc) is 3.37. The molecule has 0 unspecified atom stereocenters. The summed E-state index contributed by atoms with van der Waals surface area (Å²) >= 11 is 0.